The normalized spacial score (nSPS) is 10.9. The van der Waals surface area contributed by atoms with Gasteiger partial charge in [0, 0.05) is 36.3 Å². The van der Waals surface area contributed by atoms with Crippen LogP contribution in [-0.2, 0) is 0 Å². The Morgan fingerprint density at radius 2 is 2.05 bits per heavy atom. The van der Waals surface area contributed by atoms with Crippen LogP contribution in [0.1, 0.15) is 15.9 Å². The van der Waals surface area contributed by atoms with Gasteiger partial charge in [-0.05, 0) is 23.8 Å². The van der Waals surface area contributed by atoms with Gasteiger partial charge in [0.1, 0.15) is 0 Å². The van der Waals surface area contributed by atoms with Gasteiger partial charge in [0.05, 0.1) is 4.92 Å². The summed E-state index contributed by atoms with van der Waals surface area (Å²) < 4.78 is 0. The summed E-state index contributed by atoms with van der Waals surface area (Å²) in [6, 6.07) is 9.33. The van der Waals surface area contributed by atoms with E-state index in [4.69, 9.17) is 0 Å². The van der Waals surface area contributed by atoms with E-state index in [0.29, 0.717) is 11.1 Å². The molecule has 0 atom stereocenters. The van der Waals surface area contributed by atoms with Gasteiger partial charge in [-0.3, -0.25) is 19.9 Å². The van der Waals surface area contributed by atoms with Gasteiger partial charge >= 0.3 is 0 Å². The highest BCUT2D eigenvalue weighted by molar-refractivity contribution is 5.94. The lowest BCUT2D eigenvalue weighted by Gasteiger charge is -1.97. The molecule has 0 spiro atoms. The van der Waals surface area contributed by atoms with Crippen molar-refractivity contribution in [2.75, 3.05) is 0 Å². The quantitative estimate of drug-likeness (QED) is 0.520. The maximum absolute atomic E-state index is 11.6. The molecular formula is C15H12N4O3. The maximum atomic E-state index is 11.6. The predicted molar refractivity (Wildman–Crippen MR) is 82.3 cm³/mol. The average molecular weight is 296 g/mol. The van der Waals surface area contributed by atoms with Crippen LogP contribution >= 0.6 is 0 Å². The number of carbonyl (C=O) groups is 1. The molecule has 22 heavy (non-hydrogen) atoms. The van der Waals surface area contributed by atoms with Crippen LogP contribution < -0.4 is 5.43 Å². The predicted octanol–water partition coefficient (Wildman–Crippen LogP) is 2.42. The highest BCUT2D eigenvalue weighted by Crippen LogP contribution is 2.13. The molecule has 0 bridgehead atoms. The van der Waals surface area contributed by atoms with Gasteiger partial charge in [-0.15, -0.1) is 0 Å². The summed E-state index contributed by atoms with van der Waals surface area (Å²) in [5.41, 5.74) is 3.50. The number of rotatable bonds is 5. The number of non-ortho nitro benzene ring substituents is 1. The van der Waals surface area contributed by atoms with E-state index in [-0.39, 0.29) is 11.6 Å². The van der Waals surface area contributed by atoms with Gasteiger partial charge in [-0.25, -0.2) is 5.43 Å². The van der Waals surface area contributed by atoms with Gasteiger partial charge in [0.2, 0.25) is 0 Å². The molecule has 0 aliphatic rings. The highest BCUT2D eigenvalue weighted by Gasteiger charge is 2.03. The van der Waals surface area contributed by atoms with Gasteiger partial charge in [0.15, 0.2) is 0 Å². The third-order valence-corrected chi connectivity index (χ3v) is 2.64. The first-order chi connectivity index (χ1) is 10.7. The Bertz CT molecular complexity index is 727. The number of carbonyl (C=O) groups excluding carboxylic acids is 1. The van der Waals surface area contributed by atoms with E-state index in [1.165, 1.54) is 30.7 Å². The van der Waals surface area contributed by atoms with Crippen molar-refractivity contribution in [1.82, 2.24) is 10.4 Å². The van der Waals surface area contributed by atoms with Crippen molar-refractivity contribution in [2.24, 2.45) is 5.10 Å². The molecule has 2 rings (SSSR count). The minimum Gasteiger partial charge on any atom is -0.267 e. The maximum Gasteiger partial charge on any atom is 0.271 e. The lowest BCUT2D eigenvalue weighted by molar-refractivity contribution is -0.384. The molecule has 0 radical (unpaired) electrons. The number of hydrogen-bond donors (Lipinski definition) is 1. The zero-order valence-corrected chi connectivity index (χ0v) is 11.4. The second kappa shape index (κ2) is 7.44. The number of nitrogens with zero attached hydrogens (tertiary/aromatic N) is 3. The van der Waals surface area contributed by atoms with Crippen LogP contribution in [-0.4, -0.2) is 22.0 Å². The molecule has 0 saturated carbocycles. The molecule has 2 aromatic rings. The van der Waals surface area contributed by atoms with Crippen molar-refractivity contribution in [3.8, 4) is 0 Å². The number of nitro benzene ring substituents is 1. The van der Waals surface area contributed by atoms with Gasteiger partial charge < -0.3 is 0 Å². The van der Waals surface area contributed by atoms with E-state index in [2.05, 4.69) is 15.5 Å². The summed E-state index contributed by atoms with van der Waals surface area (Å²) >= 11 is 0. The molecular weight excluding hydrogens is 284 g/mol. The molecule has 1 N–H and O–H groups in total. The number of nitrogens with one attached hydrogen (secondary N) is 1. The SMILES string of the molecule is O=C(NN=C/C=C/c1cccc([N+](=O)[O-])c1)c1ccncc1. The standard InChI is InChI=1S/C15H12N4O3/c20-15(13-6-9-16-10-7-13)18-17-8-2-4-12-3-1-5-14(11-12)19(21)22/h1-11H,(H,18,20)/b4-2+,17-8?. The van der Waals surface area contributed by atoms with E-state index >= 15 is 0 Å². The molecule has 7 heteroatoms. The van der Waals surface area contributed by atoms with E-state index in [9.17, 15) is 14.9 Å². The van der Waals surface area contributed by atoms with Crippen LogP contribution in [0.25, 0.3) is 6.08 Å². The topological polar surface area (TPSA) is 97.5 Å². The molecule has 1 amide bonds. The Morgan fingerprint density at radius 1 is 1.27 bits per heavy atom. The summed E-state index contributed by atoms with van der Waals surface area (Å²) in [6.45, 7) is 0. The summed E-state index contributed by atoms with van der Waals surface area (Å²) in [5.74, 6) is -0.345. The van der Waals surface area contributed by atoms with Gasteiger partial charge in [-0.2, -0.15) is 5.10 Å². The molecule has 1 aromatic carbocycles. The molecule has 1 heterocycles. The monoisotopic (exact) mass is 296 g/mol. The largest absolute Gasteiger partial charge is 0.271 e. The fourth-order valence-corrected chi connectivity index (χ4v) is 1.60. The van der Waals surface area contributed by atoms with Crippen molar-refractivity contribution in [1.29, 1.82) is 0 Å². The van der Waals surface area contributed by atoms with Crippen LogP contribution in [0.3, 0.4) is 0 Å². The van der Waals surface area contributed by atoms with Crippen LogP contribution in [0.5, 0.6) is 0 Å². The molecule has 0 saturated heterocycles. The first kappa shape index (κ1) is 15.0. The number of benzene rings is 1. The number of allylic oxidation sites excluding steroid dienone is 1. The van der Waals surface area contributed by atoms with Crippen molar-refractivity contribution in [3.05, 3.63) is 76.1 Å². The first-order valence-corrected chi connectivity index (χ1v) is 6.31. The van der Waals surface area contributed by atoms with E-state index in [0.717, 1.165) is 0 Å². The summed E-state index contributed by atoms with van der Waals surface area (Å²) in [6.07, 6.45) is 7.64. The van der Waals surface area contributed by atoms with Crippen LogP contribution in [0.2, 0.25) is 0 Å². The Balaban J connectivity index is 1.91. The van der Waals surface area contributed by atoms with Gasteiger partial charge in [0.25, 0.3) is 11.6 Å². The summed E-state index contributed by atoms with van der Waals surface area (Å²) in [7, 11) is 0. The van der Waals surface area contributed by atoms with E-state index < -0.39 is 4.92 Å². The zero-order valence-electron chi connectivity index (χ0n) is 11.4. The molecule has 7 nitrogen and oxygen atoms in total. The number of hydrogen-bond acceptors (Lipinski definition) is 5. The van der Waals surface area contributed by atoms with E-state index in [1.54, 1.807) is 36.4 Å². The minimum atomic E-state index is -0.458. The number of amides is 1. The number of pyridine rings is 1. The number of hydrazone groups is 1. The second-order valence-corrected chi connectivity index (χ2v) is 4.17. The number of nitro groups is 1. The lowest BCUT2D eigenvalue weighted by Crippen LogP contribution is -2.17. The average Bonchev–Trinajstić information content (AvgIpc) is 2.55. The smallest absolute Gasteiger partial charge is 0.267 e. The highest BCUT2D eigenvalue weighted by atomic mass is 16.6. The van der Waals surface area contributed by atoms with Crippen molar-refractivity contribution >= 4 is 23.9 Å². The number of aromatic nitrogens is 1. The van der Waals surface area contributed by atoms with Crippen LogP contribution in [0, 0.1) is 10.1 Å². The molecule has 1 aromatic heterocycles. The second-order valence-electron chi connectivity index (χ2n) is 4.17. The third kappa shape index (κ3) is 4.34. The fraction of sp³-hybridized carbons (Fsp3) is 0. The fourth-order valence-electron chi connectivity index (χ4n) is 1.60. The summed E-state index contributed by atoms with van der Waals surface area (Å²) in [5, 5.41) is 14.4. The molecule has 0 aliphatic carbocycles. The lowest BCUT2D eigenvalue weighted by atomic mass is 10.2. The molecule has 0 aliphatic heterocycles. The molecule has 110 valence electrons. The van der Waals surface area contributed by atoms with Crippen molar-refractivity contribution < 1.29 is 9.72 Å². The Hall–Kier alpha value is -3.35. The Labute approximate surface area is 126 Å². The van der Waals surface area contributed by atoms with Crippen molar-refractivity contribution in [3.63, 3.8) is 0 Å². The summed E-state index contributed by atoms with van der Waals surface area (Å²) in [4.78, 5) is 25.6. The first-order valence-electron chi connectivity index (χ1n) is 6.31. The minimum absolute atomic E-state index is 0.0186. The van der Waals surface area contributed by atoms with E-state index in [1.807, 2.05) is 0 Å². The molecule has 0 fully saturated rings. The molecule has 0 unspecified atom stereocenters. The Kier molecular flexibility index (Phi) is 5.09. The van der Waals surface area contributed by atoms with Gasteiger partial charge in [-0.1, -0.05) is 18.2 Å². The van der Waals surface area contributed by atoms with Crippen LogP contribution in [0.15, 0.2) is 60.0 Å². The van der Waals surface area contributed by atoms with Crippen molar-refractivity contribution in [2.45, 2.75) is 0 Å². The van der Waals surface area contributed by atoms with Crippen LogP contribution in [0.4, 0.5) is 5.69 Å². The zero-order chi connectivity index (χ0) is 15.8. The Morgan fingerprint density at radius 3 is 2.77 bits per heavy atom. The third-order valence-electron chi connectivity index (χ3n) is 2.64.